The van der Waals surface area contributed by atoms with Crippen LogP contribution in [0.4, 0.5) is 0 Å². The van der Waals surface area contributed by atoms with Gasteiger partial charge in [-0.2, -0.15) is 0 Å². The Morgan fingerprint density at radius 1 is 0.848 bits per heavy atom. The smallest absolute Gasteiger partial charge is 0.185 e. The summed E-state index contributed by atoms with van der Waals surface area (Å²) in [5.41, 5.74) is 2.27. The molecule has 0 fully saturated rings. The van der Waals surface area contributed by atoms with Crippen molar-refractivity contribution >= 4 is 11.9 Å². The van der Waals surface area contributed by atoms with E-state index in [0.29, 0.717) is 36.9 Å². The number of rotatable bonds is 11. The van der Waals surface area contributed by atoms with Crippen molar-refractivity contribution in [1.82, 2.24) is 0 Å². The lowest BCUT2D eigenvalue weighted by molar-refractivity contribution is 0.104. The molecule has 0 amide bonds. The van der Waals surface area contributed by atoms with Crippen molar-refractivity contribution in [2.45, 2.75) is 20.5 Å². The van der Waals surface area contributed by atoms with Crippen molar-refractivity contribution in [1.29, 1.82) is 0 Å². The molecule has 0 unspecified atom stereocenters. The van der Waals surface area contributed by atoms with Gasteiger partial charge < -0.3 is 24.1 Å². The van der Waals surface area contributed by atoms with Gasteiger partial charge >= 0.3 is 0 Å². The van der Waals surface area contributed by atoms with Crippen LogP contribution in [0.3, 0.4) is 0 Å². The third-order valence-electron chi connectivity index (χ3n) is 4.78. The highest BCUT2D eigenvalue weighted by molar-refractivity contribution is 6.07. The summed E-state index contributed by atoms with van der Waals surface area (Å²) >= 11 is 0. The molecule has 3 aromatic carbocycles. The number of aromatic hydroxyl groups is 1. The average Bonchev–Trinajstić information content (AvgIpc) is 2.84. The Morgan fingerprint density at radius 2 is 1.58 bits per heavy atom. The van der Waals surface area contributed by atoms with Gasteiger partial charge in [0, 0.05) is 5.56 Å². The zero-order valence-corrected chi connectivity index (χ0v) is 19.0. The van der Waals surface area contributed by atoms with Crippen LogP contribution >= 0.6 is 0 Å². The van der Waals surface area contributed by atoms with Crippen LogP contribution in [0, 0.1) is 0 Å². The zero-order chi connectivity index (χ0) is 23.6. The number of carbonyl (C=O) groups is 1. The summed E-state index contributed by atoms with van der Waals surface area (Å²) in [5.74, 6) is 2.21. The van der Waals surface area contributed by atoms with E-state index >= 15 is 0 Å². The van der Waals surface area contributed by atoms with E-state index in [9.17, 15) is 9.90 Å². The van der Waals surface area contributed by atoms with Gasteiger partial charge in [0.05, 0.1) is 20.3 Å². The molecule has 0 heterocycles. The first kappa shape index (κ1) is 23.7. The molecule has 0 spiro atoms. The Morgan fingerprint density at radius 3 is 2.27 bits per heavy atom. The van der Waals surface area contributed by atoms with E-state index in [1.54, 1.807) is 12.1 Å². The fourth-order valence-corrected chi connectivity index (χ4v) is 3.13. The van der Waals surface area contributed by atoms with Crippen molar-refractivity contribution in [2.75, 3.05) is 20.3 Å². The van der Waals surface area contributed by atoms with Gasteiger partial charge in [0.25, 0.3) is 0 Å². The molecule has 0 bridgehead atoms. The third kappa shape index (κ3) is 6.53. The average molecular weight is 449 g/mol. The highest BCUT2D eigenvalue weighted by Crippen LogP contribution is 2.29. The van der Waals surface area contributed by atoms with Gasteiger partial charge in [-0.3, -0.25) is 4.79 Å². The van der Waals surface area contributed by atoms with Gasteiger partial charge in [0.15, 0.2) is 28.8 Å². The van der Waals surface area contributed by atoms with Crippen LogP contribution in [0.25, 0.3) is 6.08 Å². The van der Waals surface area contributed by atoms with Crippen molar-refractivity contribution in [3.63, 3.8) is 0 Å². The topological polar surface area (TPSA) is 74.2 Å². The van der Waals surface area contributed by atoms with Gasteiger partial charge in [0.1, 0.15) is 12.4 Å². The number of carbonyl (C=O) groups excluding carboxylic acids is 1. The molecule has 3 aromatic rings. The minimum absolute atomic E-state index is 0.00651. The summed E-state index contributed by atoms with van der Waals surface area (Å²) in [6, 6.07) is 17.7. The Hall–Kier alpha value is -3.93. The number of hydrogen-bond acceptors (Lipinski definition) is 6. The lowest BCUT2D eigenvalue weighted by Gasteiger charge is -2.13. The van der Waals surface area contributed by atoms with Crippen LogP contribution in [0.1, 0.15) is 35.3 Å². The number of phenols is 1. The van der Waals surface area contributed by atoms with Gasteiger partial charge in [-0.15, -0.1) is 0 Å². The summed E-state index contributed by atoms with van der Waals surface area (Å²) < 4.78 is 22.2. The van der Waals surface area contributed by atoms with Gasteiger partial charge in [-0.1, -0.05) is 24.3 Å². The number of ketones is 1. The molecule has 0 aliphatic rings. The molecule has 0 aliphatic heterocycles. The predicted molar refractivity (Wildman–Crippen MR) is 128 cm³/mol. The van der Waals surface area contributed by atoms with Crippen molar-refractivity contribution in [3.05, 3.63) is 83.4 Å². The molecule has 0 radical (unpaired) electrons. The molecule has 3 rings (SSSR count). The minimum Gasteiger partial charge on any atom is -0.504 e. The predicted octanol–water partition coefficient (Wildman–Crippen LogP) is 5.67. The van der Waals surface area contributed by atoms with E-state index in [0.717, 1.165) is 16.9 Å². The summed E-state index contributed by atoms with van der Waals surface area (Å²) in [6.45, 7) is 5.40. The Balaban J connectivity index is 1.60. The number of methoxy groups -OCH3 is 1. The van der Waals surface area contributed by atoms with Gasteiger partial charge in [0.2, 0.25) is 0 Å². The largest absolute Gasteiger partial charge is 0.504 e. The molecule has 172 valence electrons. The summed E-state index contributed by atoms with van der Waals surface area (Å²) in [7, 11) is 1.44. The van der Waals surface area contributed by atoms with E-state index in [-0.39, 0.29) is 17.3 Å². The van der Waals surface area contributed by atoms with E-state index in [1.807, 2.05) is 56.3 Å². The van der Waals surface area contributed by atoms with Crippen molar-refractivity contribution in [2.24, 2.45) is 0 Å². The molecule has 0 saturated carbocycles. The van der Waals surface area contributed by atoms with Gasteiger partial charge in [-0.25, -0.2) is 0 Å². The minimum atomic E-state index is -0.186. The first-order chi connectivity index (χ1) is 16.0. The van der Waals surface area contributed by atoms with Crippen LogP contribution in [0.15, 0.2) is 66.7 Å². The van der Waals surface area contributed by atoms with E-state index in [1.165, 1.54) is 25.3 Å². The second-order valence-electron chi connectivity index (χ2n) is 7.09. The lowest BCUT2D eigenvalue weighted by atomic mass is 10.1. The Bertz CT molecular complexity index is 1100. The molecule has 33 heavy (non-hydrogen) atoms. The van der Waals surface area contributed by atoms with Gasteiger partial charge in [-0.05, 0) is 73.5 Å². The quantitative estimate of drug-likeness (QED) is 0.301. The number of ether oxygens (including phenoxy) is 4. The van der Waals surface area contributed by atoms with Crippen LogP contribution < -0.4 is 18.9 Å². The van der Waals surface area contributed by atoms with E-state index in [4.69, 9.17) is 18.9 Å². The molecule has 0 aliphatic carbocycles. The summed E-state index contributed by atoms with van der Waals surface area (Å²) in [5, 5.41) is 9.66. The fourth-order valence-electron chi connectivity index (χ4n) is 3.13. The van der Waals surface area contributed by atoms with Crippen LogP contribution in [0.5, 0.6) is 28.7 Å². The summed E-state index contributed by atoms with van der Waals surface area (Å²) in [6.07, 6.45) is 3.21. The number of allylic oxidation sites excluding steroid dienone is 1. The third-order valence-corrected chi connectivity index (χ3v) is 4.78. The molecule has 0 atom stereocenters. The SMILES string of the molecule is CCOc1ccc(COc2ccc(/C=C/C(=O)c3ccc(O)c(OC)c3)cc2)cc1OCC. The van der Waals surface area contributed by atoms with Crippen LogP contribution in [0.2, 0.25) is 0 Å². The Labute approximate surface area is 194 Å². The normalized spacial score (nSPS) is 10.8. The fraction of sp³-hybridized carbons (Fsp3) is 0.222. The van der Waals surface area contributed by atoms with Crippen molar-refractivity contribution < 1.29 is 28.8 Å². The number of hydrogen-bond donors (Lipinski definition) is 1. The van der Waals surface area contributed by atoms with E-state index < -0.39 is 0 Å². The monoisotopic (exact) mass is 448 g/mol. The Kier molecular flexibility index (Phi) is 8.36. The molecular formula is C27H28O6. The molecule has 6 nitrogen and oxygen atoms in total. The van der Waals surface area contributed by atoms with Crippen LogP contribution in [-0.2, 0) is 6.61 Å². The summed E-state index contributed by atoms with van der Waals surface area (Å²) in [4.78, 5) is 12.4. The molecule has 0 saturated heterocycles. The second kappa shape index (κ2) is 11.6. The van der Waals surface area contributed by atoms with E-state index in [2.05, 4.69) is 0 Å². The standard InChI is InChI=1S/C27H28O6/c1-4-31-25-15-9-20(16-27(25)32-5-2)18-33-22-11-6-19(7-12-22)8-13-23(28)21-10-14-24(29)26(17-21)30-3/h6-17,29H,4-5,18H2,1-3H3/b13-8+. The first-order valence-electron chi connectivity index (χ1n) is 10.7. The molecular weight excluding hydrogens is 420 g/mol. The second-order valence-corrected chi connectivity index (χ2v) is 7.09. The molecule has 0 aromatic heterocycles. The van der Waals surface area contributed by atoms with Crippen LogP contribution in [-0.4, -0.2) is 31.2 Å². The maximum atomic E-state index is 12.4. The highest BCUT2D eigenvalue weighted by atomic mass is 16.5. The van der Waals surface area contributed by atoms with Crippen molar-refractivity contribution in [3.8, 4) is 28.7 Å². The molecule has 1 N–H and O–H groups in total. The number of benzene rings is 3. The number of phenolic OH excluding ortho intramolecular Hbond substituents is 1. The lowest BCUT2D eigenvalue weighted by Crippen LogP contribution is -2.01. The zero-order valence-electron chi connectivity index (χ0n) is 19.0. The molecule has 6 heteroatoms. The first-order valence-corrected chi connectivity index (χ1v) is 10.7. The maximum absolute atomic E-state index is 12.4. The maximum Gasteiger partial charge on any atom is 0.185 e. The highest BCUT2D eigenvalue weighted by Gasteiger charge is 2.08.